The summed E-state index contributed by atoms with van der Waals surface area (Å²) in [6, 6.07) is 9.69. The monoisotopic (exact) mass is 258 g/mol. The van der Waals surface area contributed by atoms with Crippen LogP contribution in [0.25, 0.3) is 0 Å². The zero-order valence-electron chi connectivity index (χ0n) is 11.4. The van der Waals surface area contributed by atoms with Gasteiger partial charge in [-0.3, -0.25) is 0 Å². The molecule has 0 saturated heterocycles. The molecule has 0 aliphatic carbocycles. The Balaban J connectivity index is 2.23. The Bertz CT molecular complexity index is 542. The molecule has 0 saturated carbocycles. The van der Waals surface area contributed by atoms with Crippen molar-refractivity contribution in [1.82, 2.24) is 9.97 Å². The number of rotatable bonds is 5. The molecule has 0 spiro atoms. The second-order valence-electron chi connectivity index (χ2n) is 4.21. The lowest BCUT2D eigenvalue weighted by atomic mass is 10.3. The minimum absolute atomic E-state index is 0.630. The number of nitrogens with one attached hydrogen (secondary N) is 1. The van der Waals surface area contributed by atoms with E-state index >= 15 is 0 Å². The van der Waals surface area contributed by atoms with E-state index in [1.807, 2.05) is 56.3 Å². The van der Waals surface area contributed by atoms with Crippen LogP contribution < -0.4 is 15.0 Å². The molecule has 1 N–H and O–H groups in total. The van der Waals surface area contributed by atoms with Gasteiger partial charge >= 0.3 is 0 Å². The van der Waals surface area contributed by atoms with Crippen LogP contribution in [0.5, 0.6) is 5.75 Å². The fourth-order valence-electron chi connectivity index (χ4n) is 1.65. The highest BCUT2D eigenvalue weighted by Gasteiger charge is 2.05. The van der Waals surface area contributed by atoms with Crippen LogP contribution in [-0.2, 0) is 0 Å². The van der Waals surface area contributed by atoms with E-state index < -0.39 is 0 Å². The average molecular weight is 258 g/mol. The summed E-state index contributed by atoms with van der Waals surface area (Å²) >= 11 is 0. The van der Waals surface area contributed by atoms with Gasteiger partial charge in [-0.15, -0.1) is 0 Å². The molecule has 0 aliphatic heterocycles. The van der Waals surface area contributed by atoms with Gasteiger partial charge in [0.15, 0.2) is 0 Å². The number of nitrogens with zero attached hydrogens (tertiary/aromatic N) is 3. The lowest BCUT2D eigenvalue weighted by molar-refractivity contribution is 0.342. The Hall–Kier alpha value is -2.30. The number of hydrogen-bond donors (Lipinski definition) is 1. The third-order valence-electron chi connectivity index (χ3n) is 2.56. The van der Waals surface area contributed by atoms with Gasteiger partial charge in [0.1, 0.15) is 23.7 Å². The second-order valence-corrected chi connectivity index (χ2v) is 4.21. The lowest BCUT2D eigenvalue weighted by Gasteiger charge is -2.14. The predicted octanol–water partition coefficient (Wildman–Crippen LogP) is 2.68. The van der Waals surface area contributed by atoms with Gasteiger partial charge in [-0.2, -0.15) is 0 Å². The molecule has 1 aromatic heterocycles. The van der Waals surface area contributed by atoms with Gasteiger partial charge in [0.2, 0.25) is 0 Å². The van der Waals surface area contributed by atoms with Gasteiger partial charge in [-0.25, -0.2) is 9.97 Å². The van der Waals surface area contributed by atoms with Crippen LogP contribution in [-0.4, -0.2) is 30.7 Å². The molecule has 100 valence electrons. The summed E-state index contributed by atoms with van der Waals surface area (Å²) in [7, 11) is 3.89. The Morgan fingerprint density at radius 3 is 2.74 bits per heavy atom. The molecular formula is C14H18N4O. The molecule has 2 aromatic rings. The number of hydrogen-bond acceptors (Lipinski definition) is 5. The van der Waals surface area contributed by atoms with Gasteiger partial charge < -0.3 is 15.0 Å². The minimum Gasteiger partial charge on any atom is -0.492 e. The standard InChI is InChI=1S/C14H18N4O/c1-4-19-12-8-6-5-7-11(12)17-13-9-14(18(2)3)16-10-15-13/h5-10H,4H2,1-3H3,(H,15,16,17). The number of ether oxygens (including phenoxy) is 1. The highest BCUT2D eigenvalue weighted by Crippen LogP contribution is 2.27. The second kappa shape index (κ2) is 6.04. The van der Waals surface area contributed by atoms with E-state index in [1.165, 1.54) is 0 Å². The predicted molar refractivity (Wildman–Crippen MR) is 77.3 cm³/mol. The first kappa shape index (κ1) is 13.1. The fourth-order valence-corrected chi connectivity index (χ4v) is 1.65. The van der Waals surface area contributed by atoms with Crippen LogP contribution in [0.1, 0.15) is 6.92 Å². The first-order valence-corrected chi connectivity index (χ1v) is 6.19. The maximum absolute atomic E-state index is 5.57. The molecule has 0 aliphatic rings. The molecule has 0 unspecified atom stereocenters. The molecule has 2 rings (SSSR count). The molecule has 0 radical (unpaired) electrons. The maximum atomic E-state index is 5.57. The van der Waals surface area contributed by atoms with Gasteiger partial charge in [-0.05, 0) is 19.1 Å². The molecule has 5 heteroatoms. The van der Waals surface area contributed by atoms with Crippen molar-refractivity contribution in [1.29, 1.82) is 0 Å². The van der Waals surface area contributed by atoms with Gasteiger partial charge in [-0.1, -0.05) is 12.1 Å². The molecule has 1 aromatic carbocycles. The van der Waals surface area contributed by atoms with Crippen molar-refractivity contribution in [3.05, 3.63) is 36.7 Å². The normalized spacial score (nSPS) is 10.1. The molecule has 5 nitrogen and oxygen atoms in total. The van der Waals surface area contributed by atoms with Crippen molar-refractivity contribution in [3.8, 4) is 5.75 Å². The lowest BCUT2D eigenvalue weighted by Crippen LogP contribution is -2.11. The minimum atomic E-state index is 0.630. The van der Waals surface area contributed by atoms with Gasteiger partial charge in [0.05, 0.1) is 12.3 Å². The molecular weight excluding hydrogens is 240 g/mol. The van der Waals surface area contributed by atoms with Crippen LogP contribution in [0.4, 0.5) is 17.3 Å². The molecule has 0 bridgehead atoms. The first-order valence-electron chi connectivity index (χ1n) is 6.19. The van der Waals surface area contributed by atoms with E-state index in [2.05, 4.69) is 15.3 Å². The summed E-state index contributed by atoms with van der Waals surface area (Å²) in [4.78, 5) is 10.3. The largest absolute Gasteiger partial charge is 0.492 e. The van der Waals surface area contributed by atoms with Crippen molar-refractivity contribution in [2.75, 3.05) is 30.9 Å². The first-order chi connectivity index (χ1) is 9.20. The van der Waals surface area contributed by atoms with Crippen molar-refractivity contribution in [3.63, 3.8) is 0 Å². The SMILES string of the molecule is CCOc1ccccc1Nc1cc(N(C)C)ncn1. The van der Waals surface area contributed by atoms with E-state index in [0.29, 0.717) is 6.61 Å². The summed E-state index contributed by atoms with van der Waals surface area (Å²) in [5, 5.41) is 3.25. The average Bonchev–Trinajstić information content (AvgIpc) is 2.41. The third kappa shape index (κ3) is 3.34. The summed E-state index contributed by atoms with van der Waals surface area (Å²) in [6.45, 7) is 2.59. The molecule has 1 heterocycles. The topological polar surface area (TPSA) is 50.3 Å². The van der Waals surface area contributed by atoms with Crippen molar-refractivity contribution in [2.24, 2.45) is 0 Å². The van der Waals surface area contributed by atoms with Crippen molar-refractivity contribution >= 4 is 17.3 Å². The van der Waals surface area contributed by atoms with Crippen LogP contribution in [0.2, 0.25) is 0 Å². The molecule has 0 amide bonds. The van der Waals surface area contributed by atoms with E-state index in [9.17, 15) is 0 Å². The summed E-state index contributed by atoms with van der Waals surface area (Å²) in [5.74, 6) is 2.41. The van der Waals surface area contributed by atoms with Crippen molar-refractivity contribution in [2.45, 2.75) is 6.92 Å². The summed E-state index contributed by atoms with van der Waals surface area (Å²) < 4.78 is 5.57. The van der Waals surface area contributed by atoms with E-state index in [1.54, 1.807) is 6.33 Å². The van der Waals surface area contributed by atoms with Gasteiger partial charge in [0, 0.05) is 20.2 Å². The number of anilines is 3. The van der Waals surface area contributed by atoms with Crippen LogP contribution in [0.15, 0.2) is 36.7 Å². The quantitative estimate of drug-likeness (QED) is 0.893. The third-order valence-corrected chi connectivity index (χ3v) is 2.56. The smallest absolute Gasteiger partial charge is 0.142 e. The number of para-hydroxylation sites is 2. The number of aromatic nitrogens is 2. The zero-order chi connectivity index (χ0) is 13.7. The van der Waals surface area contributed by atoms with Gasteiger partial charge in [0.25, 0.3) is 0 Å². The highest BCUT2D eigenvalue weighted by molar-refractivity contribution is 5.65. The molecule has 0 fully saturated rings. The highest BCUT2D eigenvalue weighted by atomic mass is 16.5. The molecule has 19 heavy (non-hydrogen) atoms. The van der Waals surface area contributed by atoms with Crippen LogP contribution in [0, 0.1) is 0 Å². The van der Waals surface area contributed by atoms with E-state index in [0.717, 1.165) is 23.1 Å². The summed E-state index contributed by atoms with van der Waals surface area (Å²) in [5.41, 5.74) is 0.896. The van der Waals surface area contributed by atoms with E-state index in [-0.39, 0.29) is 0 Å². The molecule has 0 atom stereocenters. The van der Waals surface area contributed by atoms with Crippen LogP contribution >= 0.6 is 0 Å². The number of benzene rings is 1. The Kier molecular flexibility index (Phi) is 4.18. The Morgan fingerprint density at radius 1 is 1.21 bits per heavy atom. The van der Waals surface area contributed by atoms with E-state index in [4.69, 9.17) is 4.74 Å². The Labute approximate surface area is 113 Å². The zero-order valence-corrected chi connectivity index (χ0v) is 11.4. The fraction of sp³-hybridized carbons (Fsp3) is 0.286. The Morgan fingerprint density at radius 2 is 2.00 bits per heavy atom. The summed E-state index contributed by atoms with van der Waals surface area (Å²) in [6.07, 6.45) is 1.54. The van der Waals surface area contributed by atoms with Crippen LogP contribution in [0.3, 0.4) is 0 Å². The maximum Gasteiger partial charge on any atom is 0.142 e. The van der Waals surface area contributed by atoms with Crippen molar-refractivity contribution < 1.29 is 4.74 Å².